The van der Waals surface area contributed by atoms with Crippen LogP contribution in [-0.4, -0.2) is 33.8 Å². The maximum atomic E-state index is 6.07. The van der Waals surface area contributed by atoms with Gasteiger partial charge in [0.25, 0.3) is 0 Å². The SMILES string of the molecule is COc1ccc(C(C)(C)CN=C(N)Nc2cc(OC)ccc2OC)cc1.I. The third-order valence-electron chi connectivity index (χ3n) is 4.19. The lowest BCUT2D eigenvalue weighted by molar-refractivity contribution is 0.405. The third-order valence-corrected chi connectivity index (χ3v) is 4.19. The van der Waals surface area contributed by atoms with Crippen LogP contribution in [0.15, 0.2) is 47.5 Å². The number of ether oxygens (including phenoxy) is 3. The van der Waals surface area contributed by atoms with Gasteiger partial charge in [-0.2, -0.15) is 0 Å². The highest BCUT2D eigenvalue weighted by Gasteiger charge is 2.20. The van der Waals surface area contributed by atoms with Gasteiger partial charge in [-0.05, 0) is 29.8 Å². The molecule has 0 aliphatic heterocycles. The minimum Gasteiger partial charge on any atom is -0.497 e. The van der Waals surface area contributed by atoms with Crippen molar-refractivity contribution < 1.29 is 14.2 Å². The first-order valence-corrected chi connectivity index (χ1v) is 8.33. The summed E-state index contributed by atoms with van der Waals surface area (Å²) < 4.78 is 15.8. The number of nitrogens with zero attached hydrogens (tertiary/aromatic N) is 1. The number of halogens is 1. The zero-order chi connectivity index (χ0) is 19.2. The maximum Gasteiger partial charge on any atom is 0.193 e. The van der Waals surface area contributed by atoms with Crippen LogP contribution in [0.4, 0.5) is 5.69 Å². The minimum atomic E-state index is -0.170. The third kappa shape index (κ3) is 6.20. The van der Waals surface area contributed by atoms with E-state index in [4.69, 9.17) is 19.9 Å². The summed E-state index contributed by atoms with van der Waals surface area (Å²) in [5.74, 6) is 2.52. The smallest absolute Gasteiger partial charge is 0.193 e. The second-order valence-electron chi connectivity index (χ2n) is 6.51. The van der Waals surface area contributed by atoms with Gasteiger partial charge in [-0.15, -0.1) is 24.0 Å². The zero-order valence-corrected chi connectivity index (χ0v) is 18.7. The quantitative estimate of drug-likeness (QED) is 0.352. The molecule has 7 heteroatoms. The summed E-state index contributed by atoms with van der Waals surface area (Å²) in [6.07, 6.45) is 0. The number of hydrogen-bond donors (Lipinski definition) is 2. The van der Waals surface area contributed by atoms with Crippen molar-refractivity contribution in [1.82, 2.24) is 0 Å². The van der Waals surface area contributed by atoms with Crippen LogP contribution in [0.5, 0.6) is 17.2 Å². The number of benzene rings is 2. The van der Waals surface area contributed by atoms with Crippen LogP contribution < -0.4 is 25.3 Å². The Morgan fingerprint density at radius 3 is 2.11 bits per heavy atom. The summed E-state index contributed by atoms with van der Waals surface area (Å²) in [4.78, 5) is 4.50. The van der Waals surface area contributed by atoms with Crippen molar-refractivity contribution in [3.63, 3.8) is 0 Å². The highest BCUT2D eigenvalue weighted by Crippen LogP contribution is 2.29. The molecule has 0 bridgehead atoms. The van der Waals surface area contributed by atoms with Crippen molar-refractivity contribution in [3.05, 3.63) is 48.0 Å². The van der Waals surface area contributed by atoms with E-state index in [1.807, 2.05) is 42.5 Å². The molecule has 2 aromatic carbocycles. The summed E-state index contributed by atoms with van der Waals surface area (Å²) in [7, 11) is 4.87. The molecule has 6 nitrogen and oxygen atoms in total. The summed E-state index contributed by atoms with van der Waals surface area (Å²) >= 11 is 0. The summed E-state index contributed by atoms with van der Waals surface area (Å²) in [5.41, 5.74) is 7.77. The van der Waals surface area contributed by atoms with Gasteiger partial charge in [0.1, 0.15) is 17.2 Å². The average molecular weight is 485 g/mol. The second kappa shape index (κ2) is 10.2. The monoisotopic (exact) mass is 485 g/mol. The maximum absolute atomic E-state index is 6.07. The summed E-state index contributed by atoms with van der Waals surface area (Å²) in [5, 5.41) is 3.08. The van der Waals surface area contributed by atoms with E-state index < -0.39 is 0 Å². The van der Waals surface area contributed by atoms with Crippen molar-refractivity contribution in [2.45, 2.75) is 19.3 Å². The van der Waals surface area contributed by atoms with Gasteiger partial charge in [-0.25, -0.2) is 0 Å². The molecule has 0 aromatic heterocycles. The number of methoxy groups -OCH3 is 3. The first kappa shape index (κ1) is 22.9. The molecule has 2 aromatic rings. The zero-order valence-electron chi connectivity index (χ0n) is 16.4. The lowest BCUT2D eigenvalue weighted by atomic mass is 9.85. The van der Waals surface area contributed by atoms with Crippen LogP contribution >= 0.6 is 24.0 Å². The summed E-state index contributed by atoms with van der Waals surface area (Å²) in [6.45, 7) is 4.78. The number of hydrogen-bond acceptors (Lipinski definition) is 4. The molecule has 0 spiro atoms. The highest BCUT2D eigenvalue weighted by molar-refractivity contribution is 14.0. The van der Waals surface area contributed by atoms with Crippen molar-refractivity contribution in [2.24, 2.45) is 10.7 Å². The molecule has 0 heterocycles. The Labute approximate surface area is 178 Å². The molecule has 2 rings (SSSR count). The van der Waals surface area contributed by atoms with Gasteiger partial charge in [0.15, 0.2) is 5.96 Å². The van der Waals surface area contributed by atoms with E-state index in [1.165, 1.54) is 0 Å². The number of aliphatic imine (C=N–C) groups is 1. The molecule has 0 aliphatic rings. The number of nitrogens with one attached hydrogen (secondary N) is 1. The summed E-state index contributed by atoms with van der Waals surface area (Å²) in [6, 6.07) is 13.4. The Bertz CT molecular complexity index is 762. The number of rotatable bonds is 7. The largest absolute Gasteiger partial charge is 0.497 e. The fraction of sp³-hybridized carbons (Fsp3) is 0.350. The van der Waals surface area contributed by atoms with Crippen LogP contribution in [-0.2, 0) is 5.41 Å². The van der Waals surface area contributed by atoms with Crippen LogP contribution in [0.1, 0.15) is 19.4 Å². The molecule has 0 aliphatic carbocycles. The van der Waals surface area contributed by atoms with Gasteiger partial charge < -0.3 is 25.3 Å². The van der Waals surface area contributed by atoms with Crippen LogP contribution in [0.25, 0.3) is 0 Å². The minimum absolute atomic E-state index is 0. The van der Waals surface area contributed by atoms with Crippen molar-refractivity contribution in [1.29, 1.82) is 0 Å². The molecule has 0 unspecified atom stereocenters. The van der Waals surface area contributed by atoms with Gasteiger partial charge in [-0.3, -0.25) is 4.99 Å². The number of nitrogens with two attached hydrogens (primary N) is 1. The van der Waals surface area contributed by atoms with E-state index in [2.05, 4.69) is 24.2 Å². The molecule has 0 amide bonds. The number of anilines is 1. The average Bonchev–Trinajstić information content (AvgIpc) is 2.66. The number of guanidine groups is 1. The van der Waals surface area contributed by atoms with E-state index in [9.17, 15) is 0 Å². The molecule has 0 saturated heterocycles. The van der Waals surface area contributed by atoms with E-state index in [0.717, 1.165) is 11.3 Å². The Morgan fingerprint density at radius 1 is 0.963 bits per heavy atom. The second-order valence-corrected chi connectivity index (χ2v) is 6.51. The molecule has 0 atom stereocenters. The lowest BCUT2D eigenvalue weighted by Gasteiger charge is -2.23. The molecule has 148 valence electrons. The predicted molar refractivity (Wildman–Crippen MR) is 121 cm³/mol. The lowest BCUT2D eigenvalue weighted by Crippen LogP contribution is -2.28. The fourth-order valence-electron chi connectivity index (χ4n) is 2.51. The van der Waals surface area contributed by atoms with E-state index in [0.29, 0.717) is 29.7 Å². The standard InChI is InChI=1S/C20H27N3O3.HI/c1-20(2,14-6-8-15(24-3)9-7-14)13-22-19(21)23-17-12-16(25-4)10-11-18(17)26-5;/h6-12H,13H2,1-5H3,(H3,21,22,23);1H. The van der Waals surface area contributed by atoms with E-state index >= 15 is 0 Å². The first-order chi connectivity index (χ1) is 12.4. The van der Waals surface area contributed by atoms with Gasteiger partial charge in [0.2, 0.25) is 0 Å². The van der Waals surface area contributed by atoms with Crippen LogP contribution in [0.3, 0.4) is 0 Å². The molecule has 0 radical (unpaired) electrons. The molecular formula is C20H28IN3O3. The Hall–Kier alpha value is -2.16. The van der Waals surface area contributed by atoms with E-state index in [-0.39, 0.29) is 29.4 Å². The van der Waals surface area contributed by atoms with Crippen LogP contribution in [0, 0.1) is 0 Å². The van der Waals surface area contributed by atoms with Crippen molar-refractivity contribution in [2.75, 3.05) is 33.2 Å². The van der Waals surface area contributed by atoms with Crippen molar-refractivity contribution in [3.8, 4) is 17.2 Å². The Morgan fingerprint density at radius 2 is 1.56 bits per heavy atom. The molecule has 27 heavy (non-hydrogen) atoms. The Balaban J connectivity index is 0.00000364. The molecule has 3 N–H and O–H groups in total. The topological polar surface area (TPSA) is 78.1 Å². The predicted octanol–water partition coefficient (Wildman–Crippen LogP) is 4.03. The fourth-order valence-corrected chi connectivity index (χ4v) is 2.51. The highest BCUT2D eigenvalue weighted by atomic mass is 127. The first-order valence-electron chi connectivity index (χ1n) is 8.33. The Kier molecular flexibility index (Phi) is 8.68. The van der Waals surface area contributed by atoms with Gasteiger partial charge >= 0.3 is 0 Å². The van der Waals surface area contributed by atoms with Gasteiger partial charge in [-0.1, -0.05) is 26.0 Å². The molecule has 0 fully saturated rings. The normalized spacial score (nSPS) is 11.4. The molecule has 0 saturated carbocycles. The van der Waals surface area contributed by atoms with E-state index in [1.54, 1.807) is 21.3 Å². The van der Waals surface area contributed by atoms with Gasteiger partial charge in [0.05, 0.1) is 33.6 Å². The van der Waals surface area contributed by atoms with Crippen molar-refractivity contribution >= 4 is 35.6 Å². The van der Waals surface area contributed by atoms with Gasteiger partial charge in [0, 0.05) is 11.5 Å². The molecular weight excluding hydrogens is 457 g/mol. The van der Waals surface area contributed by atoms with Crippen LogP contribution in [0.2, 0.25) is 0 Å².